The Morgan fingerprint density at radius 3 is 2.85 bits per heavy atom. The molecular weight excluding hydrogens is 332 g/mol. The van der Waals surface area contributed by atoms with E-state index in [1.54, 1.807) is 12.3 Å². The summed E-state index contributed by atoms with van der Waals surface area (Å²) in [5.41, 5.74) is 1.48. The molecule has 136 valence electrons. The van der Waals surface area contributed by atoms with Gasteiger partial charge in [-0.05, 0) is 31.5 Å². The van der Waals surface area contributed by atoms with E-state index in [2.05, 4.69) is 25.3 Å². The van der Waals surface area contributed by atoms with Crippen LogP contribution < -0.4 is 4.90 Å². The van der Waals surface area contributed by atoms with Gasteiger partial charge in [0.25, 0.3) is 5.91 Å². The number of likely N-dealkylation sites (tertiary alicyclic amines) is 1. The molecule has 0 aromatic carbocycles. The highest BCUT2D eigenvalue weighted by molar-refractivity contribution is 5.93. The van der Waals surface area contributed by atoms with Crippen molar-refractivity contribution in [3.05, 3.63) is 41.9 Å². The van der Waals surface area contributed by atoms with Crippen LogP contribution in [0, 0.1) is 12.8 Å². The third kappa shape index (κ3) is 3.50. The van der Waals surface area contributed by atoms with Crippen molar-refractivity contribution in [3.63, 3.8) is 0 Å². The topological polar surface area (TPSA) is 84.3 Å². The van der Waals surface area contributed by atoms with Gasteiger partial charge < -0.3 is 14.5 Å². The Labute approximate surface area is 152 Å². The second-order valence-corrected chi connectivity index (χ2v) is 6.82. The number of ether oxygens (including phenoxy) is 1. The van der Waals surface area contributed by atoms with E-state index >= 15 is 0 Å². The van der Waals surface area contributed by atoms with Crippen LogP contribution in [0.4, 0.5) is 5.82 Å². The summed E-state index contributed by atoms with van der Waals surface area (Å²) in [6.45, 7) is 5.55. The number of carbonyl (C=O) groups excluding carboxylic acids is 1. The zero-order valence-corrected chi connectivity index (χ0v) is 14.8. The van der Waals surface area contributed by atoms with Gasteiger partial charge in [0.05, 0.1) is 36.4 Å². The molecule has 0 radical (unpaired) electrons. The Morgan fingerprint density at radius 2 is 2.08 bits per heavy atom. The van der Waals surface area contributed by atoms with Gasteiger partial charge in [-0.1, -0.05) is 0 Å². The van der Waals surface area contributed by atoms with Crippen molar-refractivity contribution in [2.75, 3.05) is 37.7 Å². The van der Waals surface area contributed by atoms with E-state index in [0.29, 0.717) is 24.6 Å². The van der Waals surface area contributed by atoms with E-state index in [1.807, 2.05) is 24.0 Å². The number of rotatable bonds is 2. The fraction of sp³-hybridized carbons (Fsp3) is 0.500. The summed E-state index contributed by atoms with van der Waals surface area (Å²) in [4.78, 5) is 16.7. The van der Waals surface area contributed by atoms with E-state index in [1.165, 1.54) is 6.20 Å². The Balaban J connectivity index is 1.43. The van der Waals surface area contributed by atoms with Crippen LogP contribution in [0.2, 0.25) is 0 Å². The molecule has 2 saturated heterocycles. The van der Waals surface area contributed by atoms with Crippen molar-refractivity contribution in [2.45, 2.75) is 19.4 Å². The van der Waals surface area contributed by atoms with Crippen LogP contribution in [-0.2, 0) is 4.74 Å². The fourth-order valence-electron chi connectivity index (χ4n) is 3.60. The molecule has 1 amide bonds. The highest BCUT2D eigenvalue weighted by Crippen LogP contribution is 2.26. The predicted octanol–water partition coefficient (Wildman–Crippen LogP) is 0.943. The number of anilines is 1. The number of fused-ring (bicyclic) bond motifs is 1. The minimum atomic E-state index is -0.00699. The Hall–Kier alpha value is -2.61. The second kappa shape index (κ2) is 7.33. The summed E-state index contributed by atoms with van der Waals surface area (Å²) in [5, 5.41) is 16.0. The predicted molar refractivity (Wildman–Crippen MR) is 94.8 cm³/mol. The van der Waals surface area contributed by atoms with E-state index in [0.717, 1.165) is 37.6 Å². The van der Waals surface area contributed by atoms with Crippen LogP contribution in [-0.4, -0.2) is 70.1 Å². The third-order valence-corrected chi connectivity index (χ3v) is 5.07. The molecule has 2 atom stereocenters. The SMILES string of the molecule is Cc1ccc(N2CCOC3CN(C(=O)c4ccnnc4)CCC3C2)nn1. The largest absolute Gasteiger partial charge is 0.374 e. The maximum Gasteiger partial charge on any atom is 0.255 e. The lowest BCUT2D eigenvalue weighted by Crippen LogP contribution is -2.49. The van der Waals surface area contributed by atoms with E-state index < -0.39 is 0 Å². The lowest BCUT2D eigenvalue weighted by Gasteiger charge is -2.38. The lowest BCUT2D eigenvalue weighted by atomic mass is 9.93. The summed E-state index contributed by atoms with van der Waals surface area (Å²) in [5.74, 6) is 1.26. The number of aryl methyl sites for hydroxylation is 1. The van der Waals surface area contributed by atoms with Gasteiger partial charge >= 0.3 is 0 Å². The first kappa shape index (κ1) is 16.8. The summed E-state index contributed by atoms with van der Waals surface area (Å²) < 4.78 is 6.09. The molecule has 2 aliphatic rings. The molecule has 2 aromatic heterocycles. The molecule has 0 saturated carbocycles. The molecule has 2 aromatic rings. The quantitative estimate of drug-likeness (QED) is 0.793. The number of carbonyl (C=O) groups is 1. The first-order valence-electron chi connectivity index (χ1n) is 8.93. The van der Waals surface area contributed by atoms with Crippen molar-refractivity contribution >= 4 is 11.7 Å². The van der Waals surface area contributed by atoms with Crippen molar-refractivity contribution in [1.82, 2.24) is 25.3 Å². The molecule has 0 spiro atoms. The van der Waals surface area contributed by atoms with Crippen LogP contribution in [0.15, 0.2) is 30.6 Å². The van der Waals surface area contributed by atoms with Crippen LogP contribution in [0.5, 0.6) is 0 Å². The number of aromatic nitrogens is 4. The van der Waals surface area contributed by atoms with Crippen molar-refractivity contribution < 1.29 is 9.53 Å². The number of amides is 1. The minimum Gasteiger partial charge on any atom is -0.374 e. The Bertz CT molecular complexity index is 754. The molecule has 0 N–H and O–H groups in total. The second-order valence-electron chi connectivity index (χ2n) is 6.82. The number of hydrogen-bond acceptors (Lipinski definition) is 7. The molecule has 8 nitrogen and oxygen atoms in total. The Morgan fingerprint density at radius 1 is 1.15 bits per heavy atom. The summed E-state index contributed by atoms with van der Waals surface area (Å²) in [7, 11) is 0. The molecule has 26 heavy (non-hydrogen) atoms. The fourth-order valence-corrected chi connectivity index (χ4v) is 3.60. The van der Waals surface area contributed by atoms with Crippen LogP contribution in [0.25, 0.3) is 0 Å². The zero-order valence-electron chi connectivity index (χ0n) is 14.8. The van der Waals surface area contributed by atoms with E-state index in [-0.39, 0.29) is 12.0 Å². The minimum absolute atomic E-state index is 0.00699. The first-order chi connectivity index (χ1) is 12.7. The third-order valence-electron chi connectivity index (χ3n) is 5.07. The molecule has 0 bridgehead atoms. The molecule has 8 heteroatoms. The molecule has 2 aliphatic heterocycles. The highest BCUT2D eigenvalue weighted by atomic mass is 16.5. The van der Waals surface area contributed by atoms with Gasteiger partial charge in [-0.2, -0.15) is 15.3 Å². The molecule has 0 aliphatic carbocycles. The molecular formula is C18H22N6O2. The molecule has 2 unspecified atom stereocenters. The van der Waals surface area contributed by atoms with Crippen LogP contribution in [0.3, 0.4) is 0 Å². The summed E-state index contributed by atoms with van der Waals surface area (Å²) >= 11 is 0. The standard InChI is InChI=1S/C18H22N6O2/c1-13-2-3-17(22-21-13)23-8-9-26-16-12-24(7-5-15(16)11-23)18(25)14-4-6-19-20-10-14/h2-4,6,10,15-16H,5,7-9,11-12H2,1H3. The van der Waals surface area contributed by atoms with Gasteiger partial charge in [0.15, 0.2) is 5.82 Å². The number of nitrogens with zero attached hydrogens (tertiary/aromatic N) is 6. The van der Waals surface area contributed by atoms with Gasteiger partial charge in [0.1, 0.15) is 0 Å². The normalized spacial score (nSPS) is 23.3. The monoisotopic (exact) mass is 354 g/mol. The van der Waals surface area contributed by atoms with Gasteiger partial charge in [0.2, 0.25) is 0 Å². The Kier molecular flexibility index (Phi) is 4.75. The first-order valence-corrected chi connectivity index (χ1v) is 8.93. The molecule has 2 fully saturated rings. The van der Waals surface area contributed by atoms with Crippen LogP contribution >= 0.6 is 0 Å². The average molecular weight is 354 g/mol. The number of hydrogen-bond donors (Lipinski definition) is 0. The summed E-state index contributed by atoms with van der Waals surface area (Å²) in [6, 6.07) is 5.69. The van der Waals surface area contributed by atoms with Crippen LogP contribution in [0.1, 0.15) is 22.5 Å². The number of piperidine rings is 1. The van der Waals surface area contributed by atoms with E-state index in [9.17, 15) is 4.79 Å². The summed E-state index contributed by atoms with van der Waals surface area (Å²) in [6.07, 6.45) is 4.01. The molecule has 4 rings (SSSR count). The zero-order chi connectivity index (χ0) is 17.9. The highest BCUT2D eigenvalue weighted by Gasteiger charge is 2.35. The molecule has 4 heterocycles. The lowest BCUT2D eigenvalue weighted by molar-refractivity contribution is -0.0169. The van der Waals surface area contributed by atoms with Crippen molar-refractivity contribution in [3.8, 4) is 0 Å². The van der Waals surface area contributed by atoms with Gasteiger partial charge in [-0.15, -0.1) is 5.10 Å². The maximum atomic E-state index is 12.7. The van der Waals surface area contributed by atoms with E-state index in [4.69, 9.17) is 4.74 Å². The smallest absolute Gasteiger partial charge is 0.255 e. The average Bonchev–Trinajstić information content (AvgIpc) is 2.90. The van der Waals surface area contributed by atoms with Gasteiger partial charge in [-0.3, -0.25) is 4.79 Å². The van der Waals surface area contributed by atoms with Crippen molar-refractivity contribution in [2.24, 2.45) is 5.92 Å². The van der Waals surface area contributed by atoms with Gasteiger partial charge in [0, 0.05) is 32.1 Å². The van der Waals surface area contributed by atoms with Gasteiger partial charge in [-0.25, -0.2) is 0 Å². The maximum absolute atomic E-state index is 12.7. The van der Waals surface area contributed by atoms with Crippen molar-refractivity contribution in [1.29, 1.82) is 0 Å².